The van der Waals surface area contributed by atoms with Crippen LogP contribution in [0.1, 0.15) is 58.4 Å². The molecule has 0 aliphatic heterocycles. The number of rotatable bonds is 10. The maximum absolute atomic E-state index is 12.4. The normalized spacial score (nSPS) is 12.1. The van der Waals surface area contributed by atoms with Crippen LogP contribution in [0.5, 0.6) is 23.0 Å². The Kier molecular flexibility index (Phi) is 10.8. The van der Waals surface area contributed by atoms with E-state index in [0.717, 1.165) is 56.0 Å². The van der Waals surface area contributed by atoms with Crippen molar-refractivity contribution >= 4 is 11.9 Å². The average Bonchev–Trinajstić information content (AvgIpc) is 3.04. The highest BCUT2D eigenvalue weighted by atomic mass is 16.6. The molecule has 4 aromatic carbocycles. The van der Waals surface area contributed by atoms with Gasteiger partial charge in [-0.25, -0.2) is 9.59 Å². The van der Waals surface area contributed by atoms with Gasteiger partial charge in [0.15, 0.2) is 13.2 Å². The third kappa shape index (κ3) is 7.45. The molecule has 0 fully saturated rings. The Morgan fingerprint density at radius 1 is 0.478 bits per heavy atom. The number of hydrogen-bond donors (Lipinski definition) is 0. The van der Waals surface area contributed by atoms with Crippen molar-refractivity contribution in [3.8, 4) is 23.0 Å². The van der Waals surface area contributed by atoms with Crippen LogP contribution in [0.4, 0.5) is 0 Å². The van der Waals surface area contributed by atoms with Gasteiger partial charge >= 0.3 is 11.9 Å². The second-order valence-electron chi connectivity index (χ2n) is 10.9. The first-order valence-corrected chi connectivity index (χ1v) is 15.5. The Hall–Kier alpha value is -4.98. The van der Waals surface area contributed by atoms with Crippen molar-refractivity contribution in [2.45, 2.75) is 39.5 Å². The van der Waals surface area contributed by atoms with Crippen LogP contribution in [0.25, 0.3) is 0 Å². The van der Waals surface area contributed by atoms with E-state index in [-0.39, 0.29) is 26.4 Å². The summed E-state index contributed by atoms with van der Waals surface area (Å²) < 4.78 is 34.8. The fraction of sp³-hybridized carbons (Fsp3) is 0.316. The summed E-state index contributed by atoms with van der Waals surface area (Å²) in [7, 11) is 3.34. The van der Waals surface area contributed by atoms with Gasteiger partial charge in [-0.15, -0.1) is 0 Å². The van der Waals surface area contributed by atoms with Crippen molar-refractivity contribution in [1.29, 1.82) is 0 Å². The fourth-order valence-electron chi connectivity index (χ4n) is 6.05. The summed E-state index contributed by atoms with van der Waals surface area (Å²) in [5.41, 5.74) is 7.54. The lowest BCUT2D eigenvalue weighted by molar-refractivity contribution is -0.146. The fourth-order valence-corrected chi connectivity index (χ4v) is 6.05. The van der Waals surface area contributed by atoms with Crippen molar-refractivity contribution in [2.24, 2.45) is 0 Å². The Balaban J connectivity index is 1.68. The zero-order valence-corrected chi connectivity index (χ0v) is 26.9. The molecule has 0 N–H and O–H groups in total. The number of methoxy groups -OCH3 is 2. The monoisotopic (exact) mass is 624 g/mol. The van der Waals surface area contributed by atoms with E-state index >= 15 is 0 Å². The third-order valence-electron chi connectivity index (χ3n) is 7.92. The summed E-state index contributed by atoms with van der Waals surface area (Å²) in [6.45, 7) is 3.71. The summed E-state index contributed by atoms with van der Waals surface area (Å²) in [4.78, 5) is 24.7. The van der Waals surface area contributed by atoms with E-state index in [1.807, 2.05) is 72.8 Å². The number of esters is 2. The molecular formula is C38H40O8. The predicted octanol–water partition coefficient (Wildman–Crippen LogP) is 6.26. The summed E-state index contributed by atoms with van der Waals surface area (Å²) >= 11 is 0. The zero-order chi connectivity index (χ0) is 32.5. The van der Waals surface area contributed by atoms with E-state index in [0.29, 0.717) is 37.2 Å². The quantitative estimate of drug-likeness (QED) is 0.168. The smallest absolute Gasteiger partial charge is 0.344 e. The summed E-state index contributed by atoms with van der Waals surface area (Å²) in [5.74, 6) is 1.94. The molecule has 240 valence electrons. The molecule has 0 saturated heterocycles. The number of hydrogen-bond acceptors (Lipinski definition) is 8. The lowest BCUT2D eigenvalue weighted by Crippen LogP contribution is -2.17. The van der Waals surface area contributed by atoms with Gasteiger partial charge in [0.2, 0.25) is 0 Å². The Bertz CT molecular complexity index is 1480. The van der Waals surface area contributed by atoms with Gasteiger partial charge in [0.05, 0.1) is 27.4 Å². The molecule has 0 amide bonds. The highest BCUT2D eigenvalue weighted by Gasteiger charge is 2.22. The summed E-state index contributed by atoms with van der Waals surface area (Å²) in [5, 5.41) is 0. The van der Waals surface area contributed by atoms with Gasteiger partial charge in [0, 0.05) is 25.7 Å². The maximum Gasteiger partial charge on any atom is 0.344 e. The lowest BCUT2D eigenvalue weighted by atomic mass is 9.91. The molecule has 1 aliphatic carbocycles. The molecule has 8 heteroatoms. The number of carbonyl (C=O) groups excluding carboxylic acids is 2. The SMILES string of the molecule is CCOC(=O)COc1c2cccc1Cc1cccc(c1OC)Cc1cccc(c1OCC(=O)OCC)Cc1cccc(c1OC)C2. The zero-order valence-electron chi connectivity index (χ0n) is 26.9. The molecule has 0 heterocycles. The van der Waals surface area contributed by atoms with Crippen LogP contribution >= 0.6 is 0 Å². The topological polar surface area (TPSA) is 89.5 Å². The van der Waals surface area contributed by atoms with E-state index in [1.54, 1.807) is 28.1 Å². The molecule has 4 aromatic rings. The van der Waals surface area contributed by atoms with Crippen molar-refractivity contribution in [2.75, 3.05) is 40.6 Å². The standard InChI is InChI=1S/C38H40O8/c1-5-43-33(39)23-45-37-29-15-9-16-30(37)20-26-12-8-14-28(36(26)42-4)22-32-18-10-17-31(38(32)46-24-34(40)44-6-2)21-27-13-7-11-25(19-29)35(27)41-3/h7-18H,5-6,19-24H2,1-4H3. The van der Waals surface area contributed by atoms with Crippen molar-refractivity contribution in [1.82, 2.24) is 0 Å². The van der Waals surface area contributed by atoms with Gasteiger partial charge in [0.1, 0.15) is 23.0 Å². The van der Waals surface area contributed by atoms with E-state index in [9.17, 15) is 9.59 Å². The molecule has 0 radical (unpaired) electrons. The van der Waals surface area contributed by atoms with Crippen LogP contribution in [0, 0.1) is 0 Å². The minimum Gasteiger partial charge on any atom is -0.496 e. The van der Waals surface area contributed by atoms with Crippen molar-refractivity contribution in [3.05, 3.63) is 117 Å². The molecule has 8 bridgehead atoms. The summed E-state index contributed by atoms with van der Waals surface area (Å²) in [6, 6.07) is 24.2. The van der Waals surface area contributed by atoms with E-state index in [4.69, 9.17) is 28.4 Å². The van der Waals surface area contributed by atoms with Crippen LogP contribution in [-0.4, -0.2) is 52.6 Å². The van der Waals surface area contributed by atoms with Crippen LogP contribution in [0.2, 0.25) is 0 Å². The molecule has 1 aliphatic rings. The predicted molar refractivity (Wildman–Crippen MR) is 174 cm³/mol. The van der Waals surface area contributed by atoms with E-state index < -0.39 is 11.9 Å². The second-order valence-corrected chi connectivity index (χ2v) is 10.9. The number of fused-ring (bicyclic) bond motifs is 8. The first kappa shape index (κ1) is 32.4. The van der Waals surface area contributed by atoms with E-state index in [1.165, 1.54) is 0 Å². The molecule has 0 unspecified atom stereocenters. The minimum atomic E-state index is -0.424. The van der Waals surface area contributed by atoms with E-state index in [2.05, 4.69) is 0 Å². The maximum atomic E-state index is 12.4. The number of benzene rings is 4. The molecule has 5 rings (SSSR count). The van der Waals surface area contributed by atoms with Gasteiger partial charge in [-0.05, 0) is 58.4 Å². The van der Waals surface area contributed by atoms with Crippen molar-refractivity contribution in [3.63, 3.8) is 0 Å². The lowest BCUT2D eigenvalue weighted by Gasteiger charge is -2.21. The van der Waals surface area contributed by atoms with Crippen LogP contribution in [0.3, 0.4) is 0 Å². The molecule has 0 spiro atoms. The molecule has 0 atom stereocenters. The first-order valence-electron chi connectivity index (χ1n) is 15.5. The Morgan fingerprint density at radius 2 is 0.739 bits per heavy atom. The Labute approximate surface area is 270 Å². The van der Waals surface area contributed by atoms with Gasteiger partial charge < -0.3 is 28.4 Å². The third-order valence-corrected chi connectivity index (χ3v) is 7.92. The number of carbonyl (C=O) groups is 2. The van der Waals surface area contributed by atoms with Crippen LogP contribution in [0.15, 0.2) is 72.8 Å². The molecular weight excluding hydrogens is 584 g/mol. The first-order chi connectivity index (χ1) is 22.4. The van der Waals surface area contributed by atoms with Gasteiger partial charge in [-0.3, -0.25) is 0 Å². The van der Waals surface area contributed by atoms with Crippen LogP contribution in [-0.2, 0) is 44.7 Å². The van der Waals surface area contributed by atoms with Crippen LogP contribution < -0.4 is 18.9 Å². The number of para-hydroxylation sites is 4. The average molecular weight is 625 g/mol. The van der Waals surface area contributed by atoms with Gasteiger partial charge in [0.25, 0.3) is 0 Å². The Morgan fingerprint density at radius 3 is 0.978 bits per heavy atom. The highest BCUT2D eigenvalue weighted by molar-refractivity contribution is 5.72. The molecule has 46 heavy (non-hydrogen) atoms. The molecule has 0 aromatic heterocycles. The second kappa shape index (κ2) is 15.3. The van der Waals surface area contributed by atoms with Gasteiger partial charge in [-0.2, -0.15) is 0 Å². The van der Waals surface area contributed by atoms with Crippen molar-refractivity contribution < 1.29 is 38.0 Å². The summed E-state index contributed by atoms with van der Waals surface area (Å²) in [6.07, 6.45) is 2.03. The highest BCUT2D eigenvalue weighted by Crippen LogP contribution is 2.38. The minimum absolute atomic E-state index is 0.199. The largest absolute Gasteiger partial charge is 0.496 e. The molecule has 8 nitrogen and oxygen atoms in total. The number of ether oxygens (including phenoxy) is 6. The van der Waals surface area contributed by atoms with Gasteiger partial charge in [-0.1, -0.05) is 72.8 Å². The molecule has 0 saturated carbocycles.